The van der Waals surface area contributed by atoms with Crippen LogP contribution in [0.2, 0.25) is 0 Å². The molecule has 0 aliphatic heterocycles. The van der Waals surface area contributed by atoms with E-state index in [2.05, 4.69) is 4.98 Å². The third-order valence-corrected chi connectivity index (χ3v) is 2.50. The topological polar surface area (TPSA) is 34.9 Å². The molecule has 0 radical (unpaired) electrons. The molecule has 0 atom stereocenters. The smallest absolute Gasteiger partial charge is 0.251 e. The van der Waals surface area contributed by atoms with Gasteiger partial charge in [-0.15, -0.1) is 0 Å². The zero-order valence-electron chi connectivity index (χ0n) is 8.77. The second-order valence-electron chi connectivity index (χ2n) is 3.52. The van der Waals surface area contributed by atoms with Crippen LogP contribution in [-0.2, 0) is 7.05 Å². The third kappa shape index (κ3) is 1.81. The summed E-state index contributed by atoms with van der Waals surface area (Å²) < 4.78 is 1.62. The fraction of sp³-hybridized carbons (Fsp3) is 0.167. The number of hydrogen-bond donors (Lipinski definition) is 0. The first-order valence-corrected chi connectivity index (χ1v) is 4.76. The van der Waals surface area contributed by atoms with E-state index in [0.717, 1.165) is 16.8 Å². The minimum absolute atomic E-state index is 0.00820. The molecule has 15 heavy (non-hydrogen) atoms. The lowest BCUT2D eigenvalue weighted by Gasteiger charge is -2.06. The van der Waals surface area contributed by atoms with E-state index in [1.54, 1.807) is 30.1 Å². The van der Waals surface area contributed by atoms with Gasteiger partial charge in [0.25, 0.3) is 5.56 Å². The van der Waals surface area contributed by atoms with Crippen molar-refractivity contribution < 1.29 is 0 Å². The minimum Gasteiger partial charge on any atom is -0.316 e. The summed E-state index contributed by atoms with van der Waals surface area (Å²) in [7, 11) is 1.77. The number of aryl methyl sites for hydroxylation is 1. The zero-order chi connectivity index (χ0) is 10.8. The van der Waals surface area contributed by atoms with Gasteiger partial charge in [0, 0.05) is 36.8 Å². The molecule has 0 fully saturated rings. The molecule has 0 aromatic carbocycles. The Morgan fingerprint density at radius 1 is 1.27 bits per heavy atom. The molecule has 3 heteroatoms. The summed E-state index contributed by atoms with van der Waals surface area (Å²) in [5.41, 5.74) is 2.84. The van der Waals surface area contributed by atoms with Crippen LogP contribution in [0.4, 0.5) is 0 Å². The highest BCUT2D eigenvalue weighted by Crippen LogP contribution is 2.16. The van der Waals surface area contributed by atoms with Gasteiger partial charge in [-0.1, -0.05) is 6.07 Å². The van der Waals surface area contributed by atoms with Gasteiger partial charge >= 0.3 is 0 Å². The van der Waals surface area contributed by atoms with Crippen molar-refractivity contribution in [3.8, 4) is 11.1 Å². The van der Waals surface area contributed by atoms with Crippen molar-refractivity contribution in [3.63, 3.8) is 0 Å². The van der Waals surface area contributed by atoms with Crippen molar-refractivity contribution in [2.45, 2.75) is 6.92 Å². The number of hydrogen-bond acceptors (Lipinski definition) is 2. The summed E-state index contributed by atoms with van der Waals surface area (Å²) >= 11 is 0. The number of pyridine rings is 2. The summed E-state index contributed by atoms with van der Waals surface area (Å²) in [6.07, 6.45) is 3.48. The maximum atomic E-state index is 11.6. The van der Waals surface area contributed by atoms with Crippen molar-refractivity contribution in [2.75, 3.05) is 0 Å². The zero-order valence-corrected chi connectivity index (χ0v) is 8.77. The van der Waals surface area contributed by atoms with Crippen molar-refractivity contribution in [1.29, 1.82) is 0 Å². The molecule has 0 aliphatic carbocycles. The molecule has 2 aromatic rings. The molecule has 2 aromatic heterocycles. The van der Waals surface area contributed by atoms with E-state index >= 15 is 0 Å². The molecule has 0 amide bonds. The molecule has 76 valence electrons. The van der Waals surface area contributed by atoms with Crippen LogP contribution in [0.1, 0.15) is 5.69 Å². The van der Waals surface area contributed by atoms with E-state index in [9.17, 15) is 4.79 Å². The SMILES string of the molecule is Cc1cc(-c2cccnc2)cc(=O)n1C. The molecular formula is C12H12N2O. The van der Waals surface area contributed by atoms with E-state index in [-0.39, 0.29) is 5.56 Å². The van der Waals surface area contributed by atoms with Gasteiger partial charge < -0.3 is 4.57 Å². The van der Waals surface area contributed by atoms with Crippen LogP contribution >= 0.6 is 0 Å². The third-order valence-electron chi connectivity index (χ3n) is 2.50. The van der Waals surface area contributed by atoms with Crippen molar-refractivity contribution in [1.82, 2.24) is 9.55 Å². The Labute approximate surface area is 88.0 Å². The second kappa shape index (κ2) is 3.69. The lowest BCUT2D eigenvalue weighted by molar-refractivity contribution is 0.819. The van der Waals surface area contributed by atoms with Gasteiger partial charge in [0.2, 0.25) is 0 Å². The molecule has 0 unspecified atom stereocenters. The van der Waals surface area contributed by atoms with Crippen LogP contribution in [0.3, 0.4) is 0 Å². The second-order valence-corrected chi connectivity index (χ2v) is 3.52. The molecule has 2 heterocycles. The lowest BCUT2D eigenvalue weighted by Crippen LogP contribution is -2.17. The van der Waals surface area contributed by atoms with Gasteiger partial charge in [0.05, 0.1) is 0 Å². The Hall–Kier alpha value is -1.90. The first-order valence-electron chi connectivity index (χ1n) is 4.76. The van der Waals surface area contributed by atoms with Crippen LogP contribution in [0.15, 0.2) is 41.5 Å². The van der Waals surface area contributed by atoms with Crippen LogP contribution in [0, 0.1) is 6.92 Å². The largest absolute Gasteiger partial charge is 0.316 e. The minimum atomic E-state index is 0.00820. The molecule has 0 N–H and O–H groups in total. The highest BCUT2D eigenvalue weighted by molar-refractivity contribution is 5.62. The average molecular weight is 200 g/mol. The van der Waals surface area contributed by atoms with Gasteiger partial charge in [-0.25, -0.2) is 0 Å². The number of rotatable bonds is 1. The van der Waals surface area contributed by atoms with E-state index in [0.29, 0.717) is 0 Å². The molecule has 0 spiro atoms. The van der Waals surface area contributed by atoms with E-state index in [4.69, 9.17) is 0 Å². The number of nitrogens with zero attached hydrogens (tertiary/aromatic N) is 2. The Morgan fingerprint density at radius 2 is 2.07 bits per heavy atom. The summed E-state index contributed by atoms with van der Waals surface area (Å²) in [5.74, 6) is 0. The van der Waals surface area contributed by atoms with E-state index in [1.807, 2.05) is 25.1 Å². The summed E-state index contributed by atoms with van der Waals surface area (Å²) in [5, 5.41) is 0. The first kappa shape index (κ1) is 9.65. The Balaban J connectivity index is 2.61. The van der Waals surface area contributed by atoms with Crippen LogP contribution in [-0.4, -0.2) is 9.55 Å². The normalized spacial score (nSPS) is 10.3. The molecule has 2 rings (SSSR count). The van der Waals surface area contributed by atoms with Gasteiger partial charge in [-0.3, -0.25) is 9.78 Å². The quantitative estimate of drug-likeness (QED) is 0.703. The Morgan fingerprint density at radius 3 is 2.67 bits per heavy atom. The molecule has 0 aliphatic rings. The molecule has 0 saturated heterocycles. The fourth-order valence-corrected chi connectivity index (χ4v) is 1.47. The standard InChI is InChI=1S/C12H12N2O/c1-9-6-11(7-12(15)14(9)2)10-4-3-5-13-8-10/h3-8H,1-2H3. The molecule has 0 bridgehead atoms. The van der Waals surface area contributed by atoms with Gasteiger partial charge in [-0.2, -0.15) is 0 Å². The fourth-order valence-electron chi connectivity index (χ4n) is 1.47. The monoisotopic (exact) mass is 200 g/mol. The van der Waals surface area contributed by atoms with Gasteiger partial charge in [0.1, 0.15) is 0 Å². The number of aromatic nitrogens is 2. The van der Waals surface area contributed by atoms with Crippen LogP contribution < -0.4 is 5.56 Å². The Bertz CT molecular complexity index is 529. The highest BCUT2D eigenvalue weighted by atomic mass is 16.1. The highest BCUT2D eigenvalue weighted by Gasteiger charge is 2.01. The van der Waals surface area contributed by atoms with Crippen molar-refractivity contribution in [2.24, 2.45) is 7.05 Å². The average Bonchev–Trinajstić information content (AvgIpc) is 2.26. The van der Waals surface area contributed by atoms with Crippen LogP contribution in [0.25, 0.3) is 11.1 Å². The molecule has 3 nitrogen and oxygen atoms in total. The maximum absolute atomic E-state index is 11.6. The predicted molar refractivity (Wildman–Crippen MR) is 59.7 cm³/mol. The molecule has 0 saturated carbocycles. The maximum Gasteiger partial charge on any atom is 0.251 e. The summed E-state index contributed by atoms with van der Waals surface area (Å²) in [6, 6.07) is 7.42. The first-order chi connectivity index (χ1) is 7.18. The van der Waals surface area contributed by atoms with Gasteiger partial charge in [0.15, 0.2) is 0 Å². The van der Waals surface area contributed by atoms with E-state index < -0.39 is 0 Å². The van der Waals surface area contributed by atoms with Crippen molar-refractivity contribution in [3.05, 3.63) is 52.7 Å². The lowest BCUT2D eigenvalue weighted by atomic mass is 10.1. The molecular weight excluding hydrogens is 188 g/mol. The van der Waals surface area contributed by atoms with Crippen molar-refractivity contribution >= 4 is 0 Å². The Kier molecular flexibility index (Phi) is 2.37. The predicted octanol–water partition coefficient (Wildman–Crippen LogP) is 1.76. The summed E-state index contributed by atoms with van der Waals surface area (Å²) in [4.78, 5) is 15.6. The van der Waals surface area contributed by atoms with E-state index in [1.165, 1.54) is 0 Å². The van der Waals surface area contributed by atoms with Gasteiger partial charge in [-0.05, 0) is 24.6 Å². The van der Waals surface area contributed by atoms with Crippen LogP contribution in [0.5, 0.6) is 0 Å². The summed E-state index contributed by atoms with van der Waals surface area (Å²) in [6.45, 7) is 1.92.